The number of rotatable bonds is 6. The Labute approximate surface area is 175 Å². The maximum absolute atomic E-state index is 13.1. The molecule has 4 rings (SSSR count). The first-order valence-electron chi connectivity index (χ1n) is 9.95. The van der Waals surface area contributed by atoms with Crippen molar-refractivity contribution in [2.24, 2.45) is 0 Å². The first kappa shape index (κ1) is 19.9. The third-order valence-corrected chi connectivity index (χ3v) is 7.31. The van der Waals surface area contributed by atoms with Crippen LogP contribution in [0.3, 0.4) is 0 Å². The number of carbonyl (C=O) groups excluding carboxylic acids is 1. The molecule has 28 heavy (non-hydrogen) atoms. The van der Waals surface area contributed by atoms with Crippen LogP contribution < -0.4 is 0 Å². The number of hydrogen-bond donors (Lipinski definition) is 0. The van der Waals surface area contributed by atoms with Crippen LogP contribution in [0.25, 0.3) is 0 Å². The van der Waals surface area contributed by atoms with E-state index in [1.807, 2.05) is 30.0 Å². The van der Waals surface area contributed by atoms with Crippen molar-refractivity contribution in [3.8, 4) is 0 Å². The van der Waals surface area contributed by atoms with Gasteiger partial charge < -0.3 is 9.64 Å². The molecule has 0 radical (unpaired) electrons. The molecule has 5 nitrogen and oxygen atoms in total. The molecular formula is C21H27N3O2S2. The molecule has 2 saturated heterocycles. The average Bonchev–Trinajstić information content (AvgIpc) is 3.38. The SMILES string of the molecule is Cc1nc(CN2CCN(C(=O)c3ccccc3SCC3CCCO3)CC2)cs1. The van der Waals surface area contributed by atoms with Gasteiger partial charge in [-0.1, -0.05) is 12.1 Å². The molecule has 3 heterocycles. The van der Waals surface area contributed by atoms with Gasteiger partial charge in [-0.15, -0.1) is 23.1 Å². The van der Waals surface area contributed by atoms with Crippen LogP contribution in [0.4, 0.5) is 0 Å². The normalized spacial score (nSPS) is 20.6. The fourth-order valence-corrected chi connectivity index (χ4v) is 5.43. The zero-order chi connectivity index (χ0) is 19.3. The lowest BCUT2D eigenvalue weighted by Crippen LogP contribution is -2.48. The van der Waals surface area contributed by atoms with Crippen molar-refractivity contribution in [2.75, 3.05) is 38.5 Å². The van der Waals surface area contributed by atoms with Crippen molar-refractivity contribution < 1.29 is 9.53 Å². The molecule has 1 aromatic carbocycles. The molecule has 7 heteroatoms. The molecule has 150 valence electrons. The Hall–Kier alpha value is -1.41. The topological polar surface area (TPSA) is 45.7 Å². The van der Waals surface area contributed by atoms with Crippen LogP contribution >= 0.6 is 23.1 Å². The van der Waals surface area contributed by atoms with Gasteiger partial charge in [-0.3, -0.25) is 9.69 Å². The van der Waals surface area contributed by atoms with Gasteiger partial charge >= 0.3 is 0 Å². The Kier molecular flexibility index (Phi) is 6.67. The third-order valence-electron chi connectivity index (χ3n) is 5.28. The zero-order valence-corrected chi connectivity index (χ0v) is 17.9. The largest absolute Gasteiger partial charge is 0.377 e. The molecule has 0 saturated carbocycles. The van der Waals surface area contributed by atoms with Crippen molar-refractivity contribution in [3.05, 3.63) is 45.9 Å². The van der Waals surface area contributed by atoms with Gasteiger partial charge in [0.1, 0.15) is 0 Å². The summed E-state index contributed by atoms with van der Waals surface area (Å²) in [5.74, 6) is 1.07. The van der Waals surface area contributed by atoms with E-state index in [0.717, 1.165) is 79.1 Å². The highest BCUT2D eigenvalue weighted by atomic mass is 32.2. The Bertz CT molecular complexity index is 796. The van der Waals surface area contributed by atoms with Gasteiger partial charge in [-0.05, 0) is 31.9 Å². The van der Waals surface area contributed by atoms with Gasteiger partial charge in [-0.2, -0.15) is 0 Å². The van der Waals surface area contributed by atoms with Crippen LogP contribution in [0.15, 0.2) is 34.5 Å². The van der Waals surface area contributed by atoms with Gasteiger partial charge in [0.15, 0.2) is 0 Å². The lowest BCUT2D eigenvalue weighted by molar-refractivity contribution is 0.0624. The third kappa shape index (κ3) is 4.95. The van der Waals surface area contributed by atoms with E-state index in [4.69, 9.17) is 4.74 Å². The molecule has 2 aliphatic rings. The molecule has 0 aliphatic carbocycles. The van der Waals surface area contributed by atoms with Gasteiger partial charge in [-0.25, -0.2) is 4.98 Å². The van der Waals surface area contributed by atoms with Gasteiger partial charge in [0.05, 0.1) is 22.4 Å². The summed E-state index contributed by atoms with van der Waals surface area (Å²) < 4.78 is 5.73. The summed E-state index contributed by atoms with van der Waals surface area (Å²) in [5, 5.41) is 3.25. The molecule has 0 N–H and O–H groups in total. The highest BCUT2D eigenvalue weighted by Crippen LogP contribution is 2.28. The molecule has 0 bridgehead atoms. The van der Waals surface area contributed by atoms with E-state index < -0.39 is 0 Å². The Morgan fingerprint density at radius 3 is 2.82 bits per heavy atom. The number of nitrogens with zero attached hydrogens (tertiary/aromatic N) is 3. The number of thiazole rings is 1. The minimum absolute atomic E-state index is 0.152. The summed E-state index contributed by atoms with van der Waals surface area (Å²) >= 11 is 3.45. The lowest BCUT2D eigenvalue weighted by atomic mass is 10.1. The van der Waals surface area contributed by atoms with E-state index >= 15 is 0 Å². The number of carbonyl (C=O) groups is 1. The maximum atomic E-state index is 13.1. The van der Waals surface area contributed by atoms with Crippen molar-refractivity contribution in [3.63, 3.8) is 0 Å². The molecule has 1 amide bonds. The number of hydrogen-bond acceptors (Lipinski definition) is 6. The summed E-state index contributed by atoms with van der Waals surface area (Å²) in [7, 11) is 0. The molecule has 1 unspecified atom stereocenters. The minimum Gasteiger partial charge on any atom is -0.377 e. The summed E-state index contributed by atoms with van der Waals surface area (Å²) in [6.45, 7) is 7.12. The summed E-state index contributed by atoms with van der Waals surface area (Å²) in [6, 6.07) is 8.00. The second-order valence-corrected chi connectivity index (χ2v) is 9.49. The van der Waals surface area contributed by atoms with Crippen LogP contribution in [-0.2, 0) is 11.3 Å². The molecular weight excluding hydrogens is 390 g/mol. The van der Waals surface area contributed by atoms with E-state index in [-0.39, 0.29) is 5.91 Å². The van der Waals surface area contributed by atoms with Gasteiger partial charge in [0, 0.05) is 55.4 Å². The molecule has 1 atom stereocenters. The van der Waals surface area contributed by atoms with Crippen molar-refractivity contribution in [2.45, 2.75) is 37.3 Å². The van der Waals surface area contributed by atoms with E-state index in [2.05, 4.69) is 21.3 Å². The van der Waals surface area contributed by atoms with Crippen molar-refractivity contribution in [1.82, 2.24) is 14.8 Å². The minimum atomic E-state index is 0.152. The number of amides is 1. The summed E-state index contributed by atoms with van der Waals surface area (Å²) in [6.07, 6.45) is 2.60. The van der Waals surface area contributed by atoms with Crippen LogP contribution in [0.2, 0.25) is 0 Å². The smallest absolute Gasteiger partial charge is 0.255 e. The lowest BCUT2D eigenvalue weighted by Gasteiger charge is -2.34. The molecule has 0 spiro atoms. The number of thioether (sulfide) groups is 1. The molecule has 2 aromatic rings. The number of aromatic nitrogens is 1. The highest BCUT2D eigenvalue weighted by molar-refractivity contribution is 7.99. The quantitative estimate of drug-likeness (QED) is 0.671. The fourth-order valence-electron chi connectivity index (χ4n) is 3.72. The predicted octanol–water partition coefficient (Wildman–Crippen LogP) is 3.68. The standard InChI is InChI=1S/C21H27N3O2S2/c1-16-22-17(14-27-16)13-23-8-10-24(11-9-23)21(25)19-6-2-3-7-20(19)28-15-18-5-4-12-26-18/h2-3,6-7,14,18H,4-5,8-13,15H2,1H3. The van der Waals surface area contributed by atoms with Crippen LogP contribution in [0.1, 0.15) is 33.9 Å². The second-order valence-electron chi connectivity index (χ2n) is 7.37. The monoisotopic (exact) mass is 417 g/mol. The van der Waals surface area contributed by atoms with Crippen LogP contribution in [0, 0.1) is 6.92 Å². The number of piperazine rings is 1. The van der Waals surface area contributed by atoms with E-state index in [1.54, 1.807) is 23.1 Å². The van der Waals surface area contributed by atoms with Crippen molar-refractivity contribution >= 4 is 29.0 Å². The second kappa shape index (κ2) is 9.39. The van der Waals surface area contributed by atoms with Crippen LogP contribution in [0.5, 0.6) is 0 Å². The number of benzene rings is 1. The maximum Gasteiger partial charge on any atom is 0.255 e. The first-order valence-corrected chi connectivity index (χ1v) is 11.8. The van der Waals surface area contributed by atoms with E-state index in [0.29, 0.717) is 6.10 Å². The predicted molar refractivity (Wildman–Crippen MR) is 114 cm³/mol. The van der Waals surface area contributed by atoms with E-state index in [1.165, 1.54) is 0 Å². The first-order chi connectivity index (χ1) is 13.7. The highest BCUT2D eigenvalue weighted by Gasteiger charge is 2.25. The molecule has 2 fully saturated rings. The fraction of sp³-hybridized carbons (Fsp3) is 0.524. The molecule has 1 aromatic heterocycles. The summed E-state index contributed by atoms with van der Waals surface area (Å²) in [5.41, 5.74) is 1.97. The number of ether oxygens (including phenoxy) is 1. The van der Waals surface area contributed by atoms with Gasteiger partial charge in [0.25, 0.3) is 5.91 Å². The summed E-state index contributed by atoms with van der Waals surface area (Å²) in [4.78, 5) is 23.1. The van der Waals surface area contributed by atoms with Crippen molar-refractivity contribution in [1.29, 1.82) is 0 Å². The molecule has 2 aliphatic heterocycles. The average molecular weight is 418 g/mol. The Balaban J connectivity index is 1.33. The Morgan fingerprint density at radius 2 is 2.11 bits per heavy atom. The van der Waals surface area contributed by atoms with Gasteiger partial charge in [0.2, 0.25) is 0 Å². The van der Waals surface area contributed by atoms with Crippen LogP contribution in [-0.4, -0.2) is 65.3 Å². The zero-order valence-electron chi connectivity index (χ0n) is 16.3. The Morgan fingerprint density at radius 1 is 1.29 bits per heavy atom. The van der Waals surface area contributed by atoms with E-state index in [9.17, 15) is 4.79 Å². The number of aryl methyl sites for hydroxylation is 1.